The zero-order valence-electron chi connectivity index (χ0n) is 15.7. The van der Waals surface area contributed by atoms with Crippen LogP contribution >= 0.6 is 0 Å². The number of halogens is 1. The summed E-state index contributed by atoms with van der Waals surface area (Å²) in [5.41, 5.74) is 0.639. The van der Waals surface area contributed by atoms with E-state index in [-0.39, 0.29) is 29.6 Å². The lowest BCUT2D eigenvalue weighted by atomic mass is 10.2. The molecule has 2 aromatic rings. The number of ether oxygens (including phenoxy) is 1. The fourth-order valence-corrected chi connectivity index (χ4v) is 2.80. The van der Waals surface area contributed by atoms with Gasteiger partial charge in [-0.1, -0.05) is 0 Å². The van der Waals surface area contributed by atoms with Gasteiger partial charge in [0.1, 0.15) is 11.6 Å². The van der Waals surface area contributed by atoms with Crippen molar-refractivity contribution in [3.8, 4) is 11.3 Å². The lowest BCUT2D eigenvalue weighted by molar-refractivity contribution is -0.143. The highest BCUT2D eigenvalue weighted by molar-refractivity contribution is 5.90. The second kappa shape index (κ2) is 8.17. The third kappa shape index (κ3) is 4.50. The third-order valence-corrected chi connectivity index (χ3v) is 3.93. The van der Waals surface area contributed by atoms with Crippen molar-refractivity contribution in [2.75, 3.05) is 0 Å². The quantitative estimate of drug-likeness (QED) is 0.721. The Hall–Kier alpha value is -2.63. The first-order valence-corrected chi connectivity index (χ1v) is 8.59. The molecule has 1 aromatic heterocycles. The van der Waals surface area contributed by atoms with Gasteiger partial charge in [-0.15, -0.1) is 0 Å². The van der Waals surface area contributed by atoms with Crippen LogP contribution in [0.1, 0.15) is 45.2 Å². The van der Waals surface area contributed by atoms with E-state index in [1.807, 2.05) is 27.7 Å². The van der Waals surface area contributed by atoms with E-state index in [0.717, 1.165) is 0 Å². The average molecular weight is 361 g/mol. The monoisotopic (exact) mass is 361 g/mol. The first-order valence-electron chi connectivity index (χ1n) is 8.59. The standard InChI is InChI=1S/C20H24FNO4/c1-12(2)22(13(3)4)19(23)14(5)25-20(24)18-11-10-17(26-18)15-6-8-16(21)9-7-15/h6-14H,1-5H3. The van der Waals surface area contributed by atoms with Crippen LogP contribution in [0.2, 0.25) is 0 Å². The maximum Gasteiger partial charge on any atom is 0.375 e. The maximum absolute atomic E-state index is 13.0. The molecule has 0 aliphatic heterocycles. The summed E-state index contributed by atoms with van der Waals surface area (Å²) in [4.78, 5) is 26.5. The van der Waals surface area contributed by atoms with Crippen molar-refractivity contribution in [3.05, 3.63) is 48.0 Å². The Morgan fingerprint density at radius 1 is 0.962 bits per heavy atom. The molecule has 26 heavy (non-hydrogen) atoms. The van der Waals surface area contributed by atoms with Crippen molar-refractivity contribution in [2.45, 2.75) is 52.8 Å². The van der Waals surface area contributed by atoms with Gasteiger partial charge in [-0.2, -0.15) is 0 Å². The van der Waals surface area contributed by atoms with Gasteiger partial charge in [0.2, 0.25) is 5.76 Å². The zero-order chi connectivity index (χ0) is 19.4. The Bertz CT molecular complexity index is 756. The molecule has 1 aromatic carbocycles. The fourth-order valence-electron chi connectivity index (χ4n) is 2.80. The van der Waals surface area contributed by atoms with Crippen LogP contribution in [0, 0.1) is 5.82 Å². The van der Waals surface area contributed by atoms with Gasteiger partial charge in [-0.25, -0.2) is 9.18 Å². The van der Waals surface area contributed by atoms with Crippen molar-refractivity contribution < 1.29 is 23.1 Å². The highest BCUT2D eigenvalue weighted by atomic mass is 19.1. The van der Waals surface area contributed by atoms with E-state index in [1.54, 1.807) is 30.0 Å². The summed E-state index contributed by atoms with van der Waals surface area (Å²) < 4.78 is 23.7. The number of hydrogen-bond donors (Lipinski definition) is 0. The Balaban J connectivity index is 2.08. The third-order valence-electron chi connectivity index (χ3n) is 3.93. The molecule has 5 nitrogen and oxygen atoms in total. The summed E-state index contributed by atoms with van der Waals surface area (Å²) in [7, 11) is 0. The van der Waals surface area contributed by atoms with Crippen molar-refractivity contribution in [2.24, 2.45) is 0 Å². The molecule has 140 valence electrons. The number of carbonyl (C=O) groups is 2. The molecular weight excluding hydrogens is 337 g/mol. The predicted octanol–water partition coefficient (Wildman–Crippen LogP) is 4.28. The van der Waals surface area contributed by atoms with Crippen molar-refractivity contribution >= 4 is 11.9 Å². The van der Waals surface area contributed by atoms with E-state index in [2.05, 4.69) is 0 Å². The molecule has 0 bridgehead atoms. The molecule has 1 atom stereocenters. The van der Waals surface area contributed by atoms with E-state index in [9.17, 15) is 14.0 Å². The summed E-state index contributed by atoms with van der Waals surface area (Å²) in [5.74, 6) is -0.918. The molecule has 0 N–H and O–H groups in total. The maximum atomic E-state index is 13.0. The minimum Gasteiger partial charge on any atom is -0.449 e. The zero-order valence-corrected chi connectivity index (χ0v) is 15.7. The molecule has 0 saturated heterocycles. The van der Waals surface area contributed by atoms with Gasteiger partial charge in [-0.3, -0.25) is 4.79 Å². The molecule has 0 spiro atoms. The van der Waals surface area contributed by atoms with E-state index < -0.39 is 12.1 Å². The van der Waals surface area contributed by atoms with Gasteiger partial charge in [0.25, 0.3) is 5.91 Å². The Morgan fingerprint density at radius 3 is 2.08 bits per heavy atom. The molecule has 1 heterocycles. The van der Waals surface area contributed by atoms with Gasteiger partial charge in [0.15, 0.2) is 6.10 Å². The van der Waals surface area contributed by atoms with E-state index in [0.29, 0.717) is 11.3 Å². The molecule has 0 radical (unpaired) electrons. The van der Waals surface area contributed by atoms with Gasteiger partial charge < -0.3 is 14.1 Å². The molecule has 6 heteroatoms. The topological polar surface area (TPSA) is 59.8 Å². The summed E-state index contributed by atoms with van der Waals surface area (Å²) in [6.07, 6.45) is -0.924. The van der Waals surface area contributed by atoms with Crippen LogP contribution in [0.15, 0.2) is 40.8 Å². The van der Waals surface area contributed by atoms with Crippen LogP contribution in [0.5, 0.6) is 0 Å². The molecule has 0 aliphatic carbocycles. The van der Waals surface area contributed by atoms with Crippen LogP contribution in [0.25, 0.3) is 11.3 Å². The van der Waals surface area contributed by atoms with Crippen LogP contribution in [-0.4, -0.2) is 35.0 Å². The lowest BCUT2D eigenvalue weighted by Crippen LogP contribution is -2.47. The Kier molecular flexibility index (Phi) is 6.18. The Labute approximate surface area is 152 Å². The minimum atomic E-state index is -0.924. The van der Waals surface area contributed by atoms with Crippen LogP contribution < -0.4 is 0 Å². The summed E-state index contributed by atoms with van der Waals surface area (Å²) in [6.45, 7) is 9.19. The highest BCUT2D eigenvalue weighted by Crippen LogP contribution is 2.23. The first kappa shape index (κ1) is 19.7. The number of benzene rings is 1. The van der Waals surface area contributed by atoms with Crippen molar-refractivity contribution in [1.29, 1.82) is 0 Å². The van der Waals surface area contributed by atoms with Crippen LogP contribution in [0.3, 0.4) is 0 Å². The average Bonchev–Trinajstić information content (AvgIpc) is 3.04. The predicted molar refractivity (Wildman–Crippen MR) is 96.1 cm³/mol. The number of rotatable bonds is 6. The molecule has 1 unspecified atom stereocenters. The van der Waals surface area contributed by atoms with Gasteiger partial charge >= 0.3 is 5.97 Å². The highest BCUT2D eigenvalue weighted by Gasteiger charge is 2.28. The summed E-state index contributed by atoms with van der Waals surface area (Å²) in [6, 6.07) is 8.80. The molecule has 0 fully saturated rings. The SMILES string of the molecule is CC(OC(=O)c1ccc(-c2ccc(F)cc2)o1)C(=O)N(C(C)C)C(C)C. The number of amides is 1. The smallest absolute Gasteiger partial charge is 0.375 e. The van der Waals surface area contributed by atoms with Crippen LogP contribution in [-0.2, 0) is 9.53 Å². The lowest BCUT2D eigenvalue weighted by Gasteiger charge is -2.32. The summed E-state index contributed by atoms with van der Waals surface area (Å²) in [5, 5.41) is 0. The molecule has 1 amide bonds. The number of esters is 1. The molecular formula is C20H24FNO4. The largest absolute Gasteiger partial charge is 0.449 e. The van der Waals surface area contributed by atoms with Gasteiger partial charge in [0, 0.05) is 17.6 Å². The molecule has 2 rings (SSSR count). The van der Waals surface area contributed by atoms with E-state index in [1.165, 1.54) is 18.2 Å². The Morgan fingerprint density at radius 2 is 1.54 bits per heavy atom. The number of hydrogen-bond acceptors (Lipinski definition) is 4. The van der Waals surface area contributed by atoms with E-state index in [4.69, 9.17) is 9.15 Å². The van der Waals surface area contributed by atoms with Crippen molar-refractivity contribution in [3.63, 3.8) is 0 Å². The number of carbonyl (C=O) groups excluding carboxylic acids is 2. The van der Waals surface area contributed by atoms with Gasteiger partial charge in [0.05, 0.1) is 0 Å². The number of furan rings is 1. The van der Waals surface area contributed by atoms with Crippen molar-refractivity contribution in [1.82, 2.24) is 4.90 Å². The second-order valence-electron chi connectivity index (χ2n) is 6.65. The first-order chi connectivity index (χ1) is 12.2. The normalized spacial score (nSPS) is 12.3. The van der Waals surface area contributed by atoms with E-state index >= 15 is 0 Å². The second-order valence-corrected chi connectivity index (χ2v) is 6.65. The summed E-state index contributed by atoms with van der Waals surface area (Å²) >= 11 is 0. The molecule has 0 saturated carbocycles. The molecule has 0 aliphatic rings. The fraction of sp³-hybridized carbons (Fsp3) is 0.400. The minimum absolute atomic E-state index is 0.00246. The van der Waals surface area contributed by atoms with Gasteiger partial charge in [-0.05, 0) is 71.0 Å². The number of nitrogens with zero attached hydrogens (tertiary/aromatic N) is 1. The van der Waals surface area contributed by atoms with Crippen LogP contribution in [0.4, 0.5) is 4.39 Å².